The van der Waals surface area contributed by atoms with Crippen LogP contribution in [0.3, 0.4) is 0 Å². The van der Waals surface area contributed by atoms with Crippen LogP contribution in [-0.4, -0.2) is 41.5 Å². The maximum Gasteiger partial charge on any atom is 0.307 e. The Morgan fingerprint density at radius 2 is 2.17 bits per heavy atom. The van der Waals surface area contributed by atoms with E-state index in [2.05, 4.69) is 15.2 Å². The zero-order valence-corrected chi connectivity index (χ0v) is 12.7. The van der Waals surface area contributed by atoms with Crippen LogP contribution >= 0.6 is 0 Å². The number of carbonyl (C=O) groups excluding carboxylic acids is 1. The van der Waals surface area contributed by atoms with Gasteiger partial charge in [-0.1, -0.05) is 12.1 Å². The summed E-state index contributed by atoms with van der Waals surface area (Å²) in [6.07, 6.45) is 3.72. The van der Waals surface area contributed by atoms with Crippen LogP contribution in [0.5, 0.6) is 0 Å². The lowest BCUT2D eigenvalue weighted by Gasteiger charge is -2.44. The van der Waals surface area contributed by atoms with Gasteiger partial charge < -0.3 is 14.6 Å². The quantitative estimate of drug-likeness (QED) is 0.944. The van der Waals surface area contributed by atoms with E-state index in [0.29, 0.717) is 17.2 Å². The highest BCUT2D eigenvalue weighted by molar-refractivity contribution is 5.90. The lowest BCUT2D eigenvalue weighted by molar-refractivity contribution is 0.0602. The number of nitrogens with one attached hydrogen (secondary N) is 1. The van der Waals surface area contributed by atoms with Crippen molar-refractivity contribution in [2.75, 3.05) is 19.6 Å². The number of amides is 1. The predicted octanol–water partition coefficient (Wildman–Crippen LogP) is 2.30. The lowest BCUT2D eigenvalue weighted by atomic mass is 9.84. The van der Waals surface area contributed by atoms with Gasteiger partial charge in [0.15, 0.2) is 5.76 Å². The van der Waals surface area contributed by atoms with Gasteiger partial charge in [-0.05, 0) is 44.0 Å². The van der Waals surface area contributed by atoms with Gasteiger partial charge in [-0.25, -0.2) is 9.37 Å². The van der Waals surface area contributed by atoms with Crippen LogP contribution in [0.1, 0.15) is 23.5 Å². The molecular formula is C17H18FN3O2. The van der Waals surface area contributed by atoms with Crippen LogP contribution in [0, 0.1) is 11.7 Å². The number of rotatable bonds is 3. The van der Waals surface area contributed by atoms with Crippen molar-refractivity contribution in [3.8, 4) is 11.3 Å². The monoisotopic (exact) mass is 315 g/mol. The van der Waals surface area contributed by atoms with E-state index < -0.39 is 0 Å². The van der Waals surface area contributed by atoms with E-state index in [1.54, 1.807) is 12.1 Å². The highest BCUT2D eigenvalue weighted by Gasteiger charge is 2.35. The summed E-state index contributed by atoms with van der Waals surface area (Å²) in [4.78, 5) is 18.7. The number of piperidine rings is 3. The molecule has 2 aromatic rings. The Hall–Kier alpha value is -2.21. The molecule has 1 N–H and O–H groups in total. The molecule has 6 heteroatoms. The van der Waals surface area contributed by atoms with Crippen molar-refractivity contribution in [3.05, 3.63) is 42.2 Å². The summed E-state index contributed by atoms with van der Waals surface area (Å²) in [6.45, 7) is 3.15. The first-order valence-electron chi connectivity index (χ1n) is 7.94. The van der Waals surface area contributed by atoms with Gasteiger partial charge in [0.05, 0.1) is 6.20 Å². The number of carbonyl (C=O) groups is 1. The second-order valence-corrected chi connectivity index (χ2v) is 6.26. The molecule has 0 spiro atoms. The molecule has 2 bridgehead atoms. The molecule has 4 heterocycles. The SMILES string of the molecule is O=C(NC1CN2CCC1CC2)c1ncc(-c2cccc(F)c2)o1. The number of fused-ring (bicyclic) bond motifs is 3. The third-order valence-electron chi connectivity index (χ3n) is 4.78. The van der Waals surface area contributed by atoms with Gasteiger partial charge in [0.1, 0.15) is 5.82 Å². The highest BCUT2D eigenvalue weighted by Crippen LogP contribution is 2.28. The minimum absolute atomic E-state index is 0.0284. The Bertz CT molecular complexity index is 722. The summed E-state index contributed by atoms with van der Waals surface area (Å²) in [6, 6.07) is 6.20. The minimum Gasteiger partial charge on any atom is -0.432 e. The normalized spacial score (nSPS) is 26.2. The van der Waals surface area contributed by atoms with E-state index in [1.807, 2.05) is 0 Å². The Morgan fingerprint density at radius 1 is 1.35 bits per heavy atom. The van der Waals surface area contributed by atoms with Crippen LogP contribution in [-0.2, 0) is 0 Å². The first-order chi connectivity index (χ1) is 11.2. The summed E-state index contributed by atoms with van der Waals surface area (Å²) in [5.41, 5.74) is 0.569. The van der Waals surface area contributed by atoms with E-state index in [1.165, 1.54) is 18.3 Å². The van der Waals surface area contributed by atoms with Gasteiger partial charge in [0.2, 0.25) is 0 Å². The number of halogens is 1. The fourth-order valence-corrected chi connectivity index (χ4v) is 3.51. The van der Waals surface area contributed by atoms with E-state index in [9.17, 15) is 9.18 Å². The summed E-state index contributed by atoms with van der Waals surface area (Å²) in [5, 5.41) is 3.03. The van der Waals surface area contributed by atoms with Crippen molar-refractivity contribution in [1.82, 2.24) is 15.2 Å². The number of hydrogen-bond acceptors (Lipinski definition) is 4. The van der Waals surface area contributed by atoms with Gasteiger partial charge in [-0.2, -0.15) is 0 Å². The summed E-state index contributed by atoms with van der Waals surface area (Å²) in [7, 11) is 0. The average Bonchev–Trinajstić information content (AvgIpc) is 3.06. The Kier molecular flexibility index (Phi) is 3.61. The van der Waals surface area contributed by atoms with Crippen molar-refractivity contribution >= 4 is 5.91 Å². The molecule has 1 amide bonds. The van der Waals surface area contributed by atoms with E-state index >= 15 is 0 Å². The first kappa shape index (κ1) is 14.4. The standard InChI is InChI=1S/C17H18FN3O2/c18-13-3-1-2-12(8-13)15-9-19-17(23-15)16(22)20-14-10-21-6-4-11(14)5-7-21/h1-3,8-9,11,14H,4-7,10H2,(H,20,22). The average molecular weight is 315 g/mol. The molecule has 1 unspecified atom stereocenters. The van der Waals surface area contributed by atoms with E-state index in [-0.39, 0.29) is 23.7 Å². The maximum atomic E-state index is 13.3. The van der Waals surface area contributed by atoms with Crippen LogP contribution < -0.4 is 5.32 Å². The number of oxazole rings is 1. The lowest BCUT2D eigenvalue weighted by Crippen LogP contribution is -2.57. The number of aromatic nitrogens is 1. The van der Waals surface area contributed by atoms with Crippen LogP contribution in [0.2, 0.25) is 0 Å². The van der Waals surface area contributed by atoms with Gasteiger partial charge >= 0.3 is 5.91 Å². The van der Waals surface area contributed by atoms with Gasteiger partial charge in [-0.3, -0.25) is 4.79 Å². The molecular weight excluding hydrogens is 297 g/mol. The maximum absolute atomic E-state index is 13.3. The summed E-state index contributed by atoms with van der Waals surface area (Å²) < 4.78 is 18.8. The summed E-state index contributed by atoms with van der Waals surface area (Å²) in [5.74, 6) is 0.314. The molecule has 1 aromatic heterocycles. The number of hydrogen-bond donors (Lipinski definition) is 1. The first-order valence-corrected chi connectivity index (χ1v) is 7.94. The van der Waals surface area contributed by atoms with Gasteiger partial charge in [0, 0.05) is 18.2 Å². The van der Waals surface area contributed by atoms with Crippen LogP contribution in [0.4, 0.5) is 4.39 Å². The molecule has 3 fully saturated rings. The molecule has 0 radical (unpaired) electrons. The van der Waals surface area contributed by atoms with Crippen LogP contribution in [0.25, 0.3) is 11.3 Å². The molecule has 120 valence electrons. The van der Waals surface area contributed by atoms with Crippen molar-refractivity contribution < 1.29 is 13.6 Å². The second-order valence-electron chi connectivity index (χ2n) is 6.26. The molecule has 5 nitrogen and oxygen atoms in total. The predicted molar refractivity (Wildman–Crippen MR) is 82.3 cm³/mol. The minimum atomic E-state index is -0.350. The molecule has 1 aromatic carbocycles. The molecule has 0 saturated carbocycles. The number of nitrogens with zero attached hydrogens (tertiary/aromatic N) is 2. The van der Waals surface area contributed by atoms with Crippen molar-refractivity contribution in [2.24, 2.45) is 5.92 Å². The fourth-order valence-electron chi connectivity index (χ4n) is 3.51. The number of benzene rings is 1. The molecule has 5 rings (SSSR count). The molecule has 1 atom stereocenters. The second kappa shape index (κ2) is 5.77. The smallest absolute Gasteiger partial charge is 0.307 e. The fraction of sp³-hybridized carbons (Fsp3) is 0.412. The third kappa shape index (κ3) is 2.86. The van der Waals surface area contributed by atoms with Gasteiger partial charge in [0.25, 0.3) is 5.89 Å². The Morgan fingerprint density at radius 3 is 2.87 bits per heavy atom. The van der Waals surface area contributed by atoms with Gasteiger partial charge in [-0.15, -0.1) is 0 Å². The van der Waals surface area contributed by atoms with Crippen molar-refractivity contribution in [2.45, 2.75) is 18.9 Å². The molecule has 3 aliphatic heterocycles. The molecule has 0 aliphatic carbocycles. The molecule has 23 heavy (non-hydrogen) atoms. The summed E-state index contributed by atoms with van der Waals surface area (Å²) >= 11 is 0. The Labute approximate surface area is 133 Å². The van der Waals surface area contributed by atoms with Crippen molar-refractivity contribution in [3.63, 3.8) is 0 Å². The molecule has 3 saturated heterocycles. The Balaban J connectivity index is 1.47. The van der Waals surface area contributed by atoms with E-state index in [0.717, 1.165) is 32.5 Å². The van der Waals surface area contributed by atoms with Crippen molar-refractivity contribution in [1.29, 1.82) is 0 Å². The van der Waals surface area contributed by atoms with Crippen LogP contribution in [0.15, 0.2) is 34.9 Å². The zero-order valence-electron chi connectivity index (χ0n) is 12.7. The zero-order chi connectivity index (χ0) is 15.8. The molecule has 3 aliphatic rings. The third-order valence-corrected chi connectivity index (χ3v) is 4.78. The van der Waals surface area contributed by atoms with E-state index in [4.69, 9.17) is 4.42 Å². The highest BCUT2D eigenvalue weighted by atomic mass is 19.1. The topological polar surface area (TPSA) is 58.4 Å². The largest absolute Gasteiger partial charge is 0.432 e.